The van der Waals surface area contributed by atoms with Crippen molar-refractivity contribution in [2.45, 2.75) is 82.7 Å². The zero-order valence-electron chi connectivity index (χ0n) is 17.9. The molecule has 8 heteroatoms. The molecule has 2 aliphatic carbocycles. The molecule has 0 radical (unpaired) electrons. The number of fused-ring (bicyclic) bond motifs is 1. The van der Waals surface area contributed by atoms with Gasteiger partial charge < -0.3 is 15.0 Å². The normalized spacial score (nSPS) is 34.0. The predicted octanol–water partition coefficient (Wildman–Crippen LogP) is 2.21. The maximum Gasteiger partial charge on any atom is 0.326 e. The van der Waals surface area contributed by atoms with E-state index in [4.69, 9.17) is 4.74 Å². The van der Waals surface area contributed by atoms with Gasteiger partial charge in [-0.05, 0) is 50.4 Å². The van der Waals surface area contributed by atoms with E-state index in [0.29, 0.717) is 18.9 Å². The lowest BCUT2D eigenvalue weighted by atomic mass is 9.73. The van der Waals surface area contributed by atoms with Crippen molar-refractivity contribution in [3.05, 3.63) is 0 Å². The summed E-state index contributed by atoms with van der Waals surface area (Å²) in [6, 6.07) is -0.282. The van der Waals surface area contributed by atoms with Crippen LogP contribution < -0.4 is 5.32 Å². The van der Waals surface area contributed by atoms with E-state index >= 15 is 0 Å². The van der Waals surface area contributed by atoms with E-state index in [2.05, 4.69) is 5.32 Å². The fraction of sp³-hybridized carbons (Fsp3) is 0.818. The number of ether oxygens (including phenoxy) is 1. The van der Waals surface area contributed by atoms with Crippen LogP contribution in [0.3, 0.4) is 0 Å². The summed E-state index contributed by atoms with van der Waals surface area (Å²) in [5.41, 5.74) is -0.894. The lowest BCUT2D eigenvalue weighted by Crippen LogP contribution is -2.54. The monoisotopic (exact) mass is 419 g/mol. The third kappa shape index (κ3) is 3.81. The second-order valence-corrected chi connectivity index (χ2v) is 9.44. The number of carbonyl (C=O) groups is 4. The SMILES string of the molecule is C[C@@H]1CCCC[C@@]12NC(=O)N(CC(=O)OCC(=O)N1CCC[C@H]3CCCC[C@@H]31)C2=O. The average Bonchev–Trinajstić information content (AvgIpc) is 2.98. The molecule has 2 saturated heterocycles. The Kier molecular flexibility index (Phi) is 6.02. The summed E-state index contributed by atoms with van der Waals surface area (Å²) in [7, 11) is 0. The van der Waals surface area contributed by atoms with Crippen molar-refractivity contribution in [3.8, 4) is 0 Å². The highest BCUT2D eigenvalue weighted by atomic mass is 16.5. The van der Waals surface area contributed by atoms with Crippen molar-refractivity contribution in [2.75, 3.05) is 19.7 Å². The first-order chi connectivity index (χ1) is 14.4. The van der Waals surface area contributed by atoms with Gasteiger partial charge in [-0.25, -0.2) is 4.79 Å². The summed E-state index contributed by atoms with van der Waals surface area (Å²) >= 11 is 0. The number of amides is 4. The third-order valence-electron chi connectivity index (χ3n) is 7.71. The van der Waals surface area contributed by atoms with Crippen LogP contribution in [0.15, 0.2) is 0 Å². The van der Waals surface area contributed by atoms with Crippen LogP contribution in [0.1, 0.15) is 71.1 Å². The van der Waals surface area contributed by atoms with Crippen LogP contribution in [0, 0.1) is 11.8 Å². The first-order valence-electron chi connectivity index (χ1n) is 11.5. The number of carbonyl (C=O) groups excluding carboxylic acids is 4. The van der Waals surface area contributed by atoms with Gasteiger partial charge in [-0.2, -0.15) is 0 Å². The number of imide groups is 1. The zero-order valence-corrected chi connectivity index (χ0v) is 17.9. The molecule has 4 atom stereocenters. The minimum Gasteiger partial charge on any atom is -0.454 e. The van der Waals surface area contributed by atoms with Gasteiger partial charge in [0.15, 0.2) is 6.61 Å². The second-order valence-electron chi connectivity index (χ2n) is 9.44. The maximum atomic E-state index is 12.9. The summed E-state index contributed by atoms with van der Waals surface area (Å²) < 4.78 is 5.19. The first kappa shape index (κ1) is 21.1. The Morgan fingerprint density at radius 3 is 2.60 bits per heavy atom. The van der Waals surface area contributed by atoms with E-state index in [1.165, 1.54) is 19.3 Å². The standard InChI is InChI=1S/C22H33N3O5/c1-15-7-4-5-11-22(15)20(28)25(21(29)23-22)13-19(27)30-14-18(26)24-12-6-9-16-8-2-3-10-17(16)24/h15-17H,2-14H2,1H3,(H,23,29)/t15-,16-,17+,22-/m1/s1. The van der Waals surface area contributed by atoms with Crippen LogP contribution in [0.5, 0.6) is 0 Å². The number of likely N-dealkylation sites (tertiary alicyclic amines) is 1. The van der Waals surface area contributed by atoms with E-state index in [-0.39, 0.29) is 30.4 Å². The number of rotatable bonds is 4. The van der Waals surface area contributed by atoms with Crippen LogP contribution in [-0.2, 0) is 19.1 Å². The molecule has 0 aromatic carbocycles. The lowest BCUT2D eigenvalue weighted by molar-refractivity contribution is -0.156. The highest BCUT2D eigenvalue weighted by Gasteiger charge is 2.55. The third-order valence-corrected chi connectivity index (χ3v) is 7.71. The summed E-state index contributed by atoms with van der Waals surface area (Å²) in [6.45, 7) is 1.91. The largest absolute Gasteiger partial charge is 0.454 e. The molecular formula is C22H33N3O5. The molecule has 0 aromatic rings. The van der Waals surface area contributed by atoms with Gasteiger partial charge in [-0.1, -0.05) is 32.6 Å². The molecule has 2 heterocycles. The van der Waals surface area contributed by atoms with E-state index in [1.807, 2.05) is 11.8 Å². The number of hydrogen-bond acceptors (Lipinski definition) is 5. The summed E-state index contributed by atoms with van der Waals surface area (Å²) in [6.07, 6.45) is 10.1. The molecule has 4 aliphatic rings. The molecule has 4 fully saturated rings. The van der Waals surface area contributed by atoms with Crippen LogP contribution in [0.4, 0.5) is 4.79 Å². The van der Waals surface area contributed by atoms with Gasteiger partial charge in [0.25, 0.3) is 11.8 Å². The quantitative estimate of drug-likeness (QED) is 0.557. The Labute approximate surface area is 177 Å². The summed E-state index contributed by atoms with van der Waals surface area (Å²) in [5.74, 6) is -0.636. The van der Waals surface area contributed by atoms with Crippen molar-refractivity contribution < 1.29 is 23.9 Å². The topological polar surface area (TPSA) is 96.0 Å². The number of piperidine rings is 1. The Morgan fingerprint density at radius 2 is 1.80 bits per heavy atom. The van der Waals surface area contributed by atoms with Crippen molar-refractivity contribution in [1.29, 1.82) is 0 Å². The van der Waals surface area contributed by atoms with E-state index in [0.717, 1.165) is 43.4 Å². The van der Waals surface area contributed by atoms with E-state index in [9.17, 15) is 19.2 Å². The minimum absolute atomic E-state index is 0.0350. The van der Waals surface area contributed by atoms with Crippen LogP contribution >= 0.6 is 0 Å². The van der Waals surface area contributed by atoms with Crippen LogP contribution in [0.2, 0.25) is 0 Å². The molecule has 2 saturated carbocycles. The molecule has 30 heavy (non-hydrogen) atoms. The van der Waals surface area contributed by atoms with Crippen molar-refractivity contribution >= 4 is 23.8 Å². The Morgan fingerprint density at radius 1 is 1.07 bits per heavy atom. The molecule has 4 rings (SSSR count). The summed E-state index contributed by atoms with van der Waals surface area (Å²) in [4.78, 5) is 53.2. The average molecular weight is 420 g/mol. The molecule has 2 aliphatic heterocycles. The minimum atomic E-state index is -0.894. The molecular weight excluding hydrogens is 386 g/mol. The Balaban J connectivity index is 1.31. The van der Waals surface area contributed by atoms with Gasteiger partial charge in [0.1, 0.15) is 12.1 Å². The number of hydrogen-bond donors (Lipinski definition) is 1. The number of urea groups is 1. The highest BCUT2D eigenvalue weighted by Crippen LogP contribution is 2.38. The van der Waals surface area contributed by atoms with Crippen molar-refractivity contribution in [2.24, 2.45) is 11.8 Å². The molecule has 0 aromatic heterocycles. The van der Waals surface area contributed by atoms with Crippen LogP contribution in [-0.4, -0.2) is 64.9 Å². The first-order valence-corrected chi connectivity index (χ1v) is 11.5. The molecule has 166 valence electrons. The van der Waals surface area contributed by atoms with Crippen molar-refractivity contribution in [3.63, 3.8) is 0 Å². The second kappa shape index (κ2) is 8.55. The van der Waals surface area contributed by atoms with Gasteiger partial charge in [0.05, 0.1) is 0 Å². The zero-order chi connectivity index (χ0) is 21.3. The fourth-order valence-electron chi connectivity index (χ4n) is 5.97. The Bertz CT molecular complexity index is 724. The van der Waals surface area contributed by atoms with Gasteiger partial charge in [0, 0.05) is 12.6 Å². The smallest absolute Gasteiger partial charge is 0.326 e. The van der Waals surface area contributed by atoms with E-state index < -0.39 is 24.1 Å². The van der Waals surface area contributed by atoms with Crippen molar-refractivity contribution in [1.82, 2.24) is 15.1 Å². The molecule has 0 bridgehead atoms. The Hall–Kier alpha value is -2.12. The van der Waals surface area contributed by atoms with Gasteiger partial charge in [-0.3, -0.25) is 19.3 Å². The maximum absolute atomic E-state index is 12.9. The number of nitrogens with zero attached hydrogens (tertiary/aromatic N) is 2. The molecule has 1 N–H and O–H groups in total. The molecule has 8 nitrogen and oxygen atoms in total. The van der Waals surface area contributed by atoms with Gasteiger partial charge >= 0.3 is 12.0 Å². The van der Waals surface area contributed by atoms with Gasteiger partial charge in [-0.15, -0.1) is 0 Å². The number of nitrogens with one attached hydrogen (secondary N) is 1. The van der Waals surface area contributed by atoms with E-state index in [1.54, 1.807) is 0 Å². The van der Waals surface area contributed by atoms with Crippen LogP contribution in [0.25, 0.3) is 0 Å². The molecule has 4 amide bonds. The summed E-state index contributed by atoms with van der Waals surface area (Å²) in [5, 5.41) is 2.83. The lowest BCUT2D eigenvalue weighted by Gasteiger charge is -2.44. The molecule has 0 unspecified atom stereocenters. The molecule has 1 spiro atoms. The fourth-order valence-corrected chi connectivity index (χ4v) is 5.97. The predicted molar refractivity (Wildman–Crippen MR) is 108 cm³/mol. The number of esters is 1. The van der Waals surface area contributed by atoms with Gasteiger partial charge in [0.2, 0.25) is 0 Å². The highest BCUT2D eigenvalue weighted by molar-refractivity contribution is 6.09.